The molecule has 0 bridgehead atoms. The summed E-state index contributed by atoms with van der Waals surface area (Å²) in [4.78, 5) is 45.5. The molecule has 3 atom stereocenters. The van der Waals surface area contributed by atoms with Gasteiger partial charge in [-0.25, -0.2) is 47.2 Å². The van der Waals surface area contributed by atoms with Crippen LogP contribution in [0.25, 0.3) is 27.8 Å². The van der Waals surface area contributed by atoms with E-state index in [0.29, 0.717) is 39.1 Å². The van der Waals surface area contributed by atoms with Gasteiger partial charge in [-0.05, 0) is 54.1 Å². The van der Waals surface area contributed by atoms with Crippen molar-refractivity contribution in [2.24, 2.45) is 0 Å². The molecule has 10 rings (SSSR count). The number of aromatic nitrogens is 6. The van der Waals surface area contributed by atoms with Gasteiger partial charge in [0.25, 0.3) is 0 Å². The van der Waals surface area contributed by atoms with Gasteiger partial charge in [0.1, 0.15) is 11.6 Å². The molecule has 0 spiro atoms. The summed E-state index contributed by atoms with van der Waals surface area (Å²) in [5.41, 5.74) is -0.782. The lowest BCUT2D eigenvalue weighted by Gasteiger charge is -2.45. The van der Waals surface area contributed by atoms with Crippen molar-refractivity contribution in [3.8, 4) is 0 Å². The van der Waals surface area contributed by atoms with Crippen LogP contribution in [-0.4, -0.2) is 45.7 Å². The van der Waals surface area contributed by atoms with E-state index in [-0.39, 0.29) is 11.7 Å². The van der Waals surface area contributed by atoms with Gasteiger partial charge >= 0.3 is 11.7 Å². The lowest BCUT2D eigenvalue weighted by Crippen LogP contribution is -2.64. The number of hydrogen-bond donors (Lipinski definition) is 3. The number of hydrogen-bond acceptors (Lipinski definition) is 8. The monoisotopic (exact) mass is 614 g/mol. The van der Waals surface area contributed by atoms with Crippen LogP contribution in [0.4, 0.5) is 25.5 Å². The maximum atomic E-state index is 15.0. The largest absolute Gasteiger partial charge is 0.340 e. The Kier molecular flexibility index (Phi) is 4.55. The van der Waals surface area contributed by atoms with Crippen LogP contribution < -0.4 is 21.6 Å². The van der Waals surface area contributed by atoms with E-state index in [9.17, 15) is 18.4 Å². The van der Waals surface area contributed by atoms with Crippen molar-refractivity contribution in [3.05, 3.63) is 130 Å². The van der Waals surface area contributed by atoms with Gasteiger partial charge in [-0.1, -0.05) is 48.5 Å². The lowest BCUT2D eigenvalue weighted by atomic mass is 9.81. The van der Waals surface area contributed by atoms with Crippen molar-refractivity contribution < 1.29 is 13.6 Å². The molecule has 3 aliphatic heterocycles. The first kappa shape index (κ1) is 25.2. The molecule has 0 radical (unpaired) electrons. The first-order valence-corrected chi connectivity index (χ1v) is 14.5. The molecule has 1 unspecified atom stereocenters. The summed E-state index contributed by atoms with van der Waals surface area (Å²) in [5.74, 6) is -0.434. The number of nitrogens with one attached hydrogen (secondary N) is 3. The van der Waals surface area contributed by atoms with Crippen LogP contribution >= 0.6 is 0 Å². The molecule has 1 saturated heterocycles. The van der Waals surface area contributed by atoms with Gasteiger partial charge in [-0.3, -0.25) is 4.90 Å². The predicted molar refractivity (Wildman–Crippen MR) is 163 cm³/mol. The first-order valence-electron chi connectivity index (χ1n) is 14.5. The maximum absolute atomic E-state index is 15.0. The lowest BCUT2D eigenvalue weighted by molar-refractivity contribution is 0.0767. The van der Waals surface area contributed by atoms with Crippen LogP contribution in [0.5, 0.6) is 0 Å². The summed E-state index contributed by atoms with van der Waals surface area (Å²) < 4.78 is 33.2. The normalized spacial score (nSPS) is 22.9. The molecular weight excluding hydrogens is 594 g/mol. The topological polar surface area (TPSA) is 126 Å². The second-order valence-electron chi connectivity index (χ2n) is 11.5. The minimum absolute atomic E-state index is 0.0986. The molecule has 46 heavy (non-hydrogen) atoms. The zero-order chi connectivity index (χ0) is 30.9. The van der Waals surface area contributed by atoms with E-state index in [0.717, 1.165) is 0 Å². The second-order valence-corrected chi connectivity index (χ2v) is 11.5. The highest BCUT2D eigenvalue weighted by atomic mass is 19.1. The second kappa shape index (κ2) is 8.31. The fourth-order valence-corrected chi connectivity index (χ4v) is 7.41. The fraction of sp³-hybridized carbons (Fsp3) is 0.0938. The highest BCUT2D eigenvalue weighted by molar-refractivity contribution is 5.95. The zero-order valence-corrected chi connectivity index (χ0v) is 23.5. The SMILES string of the molecule is O=C1N2C(Nc3nc4ccccc4n31)N[C@]1(c3ccc(F)cc3)Nc3nc4nc5ccccc5n4c(=O)n3[C@]21c1ccc(F)cc1. The van der Waals surface area contributed by atoms with Crippen molar-refractivity contribution >= 4 is 45.8 Å². The standard InChI is InChI=1S/C32H20F2N10O2/c33-19-13-9-17(10-14-19)31-32(18-11-15-20(34)16-12-18,43-27(39-31)37-25-35-21-5-1-3-7-23(21)41(25)29(43)45)44-28(40-31)38-26-36-22-6-2-4-8-24(22)42(26)30(44)46/h1-16,27,39H,(H,35,37)(H,36,38,40)/t27?,31-,32+/m1/s1. The average Bonchev–Trinajstić information content (AvgIpc) is 3.77. The van der Waals surface area contributed by atoms with Gasteiger partial charge in [-0.15, -0.1) is 0 Å². The Hall–Kier alpha value is -6.15. The van der Waals surface area contributed by atoms with E-state index >= 15 is 0 Å². The number of fused-ring (bicyclic) bond motifs is 11. The molecule has 7 aromatic rings. The Labute approximate surface area is 256 Å². The van der Waals surface area contributed by atoms with Gasteiger partial charge in [0.2, 0.25) is 17.7 Å². The molecule has 1 fully saturated rings. The molecule has 3 aromatic heterocycles. The Balaban J connectivity index is 1.37. The third-order valence-electron chi connectivity index (χ3n) is 9.20. The van der Waals surface area contributed by atoms with Crippen LogP contribution in [0.15, 0.2) is 102 Å². The van der Waals surface area contributed by atoms with E-state index < -0.39 is 41.0 Å². The van der Waals surface area contributed by atoms with Crippen molar-refractivity contribution in [2.45, 2.75) is 17.6 Å². The molecule has 6 heterocycles. The highest BCUT2D eigenvalue weighted by Crippen LogP contribution is 2.56. The van der Waals surface area contributed by atoms with E-state index in [1.807, 2.05) is 12.1 Å². The molecule has 1 amide bonds. The van der Waals surface area contributed by atoms with E-state index in [1.165, 1.54) is 54.8 Å². The Morgan fingerprint density at radius 3 is 2.04 bits per heavy atom. The van der Waals surface area contributed by atoms with E-state index in [2.05, 4.69) is 25.9 Å². The molecule has 4 aromatic carbocycles. The predicted octanol–water partition coefficient (Wildman–Crippen LogP) is 3.93. The summed E-state index contributed by atoms with van der Waals surface area (Å²) in [6, 6.07) is 25.2. The smallest absolute Gasteiger partial charge is 0.329 e. The minimum Gasteiger partial charge on any atom is -0.329 e. The van der Waals surface area contributed by atoms with Crippen LogP contribution in [0.3, 0.4) is 0 Å². The Morgan fingerprint density at radius 2 is 1.33 bits per heavy atom. The molecule has 3 N–H and O–H groups in total. The molecule has 224 valence electrons. The number of anilines is 2. The number of amides is 1. The summed E-state index contributed by atoms with van der Waals surface area (Å²) in [6.07, 6.45) is -0.949. The summed E-state index contributed by atoms with van der Waals surface area (Å²) >= 11 is 0. The van der Waals surface area contributed by atoms with Gasteiger partial charge in [-0.2, -0.15) is 4.98 Å². The summed E-state index contributed by atoms with van der Waals surface area (Å²) in [6.45, 7) is 0. The molecular formula is C32H20F2N10O2. The number of rotatable bonds is 2. The van der Waals surface area contributed by atoms with Crippen molar-refractivity contribution in [1.82, 2.24) is 38.7 Å². The molecule has 0 aliphatic carbocycles. The number of carbonyl (C=O) groups is 1. The molecule has 12 nitrogen and oxygen atoms in total. The van der Waals surface area contributed by atoms with Gasteiger partial charge in [0.15, 0.2) is 17.6 Å². The highest BCUT2D eigenvalue weighted by Gasteiger charge is 2.73. The minimum atomic E-state index is -1.78. The molecule has 3 aliphatic rings. The Morgan fingerprint density at radius 1 is 0.696 bits per heavy atom. The number of benzene rings is 4. The Bertz CT molecular complexity index is 2510. The number of imidazole rings is 2. The number of carbonyl (C=O) groups excluding carboxylic acids is 1. The van der Waals surface area contributed by atoms with Crippen molar-refractivity contribution in [2.75, 3.05) is 10.6 Å². The third-order valence-corrected chi connectivity index (χ3v) is 9.20. The van der Waals surface area contributed by atoms with Crippen molar-refractivity contribution in [1.29, 1.82) is 0 Å². The number of halogens is 2. The zero-order valence-electron chi connectivity index (χ0n) is 23.5. The molecule has 14 heteroatoms. The third kappa shape index (κ3) is 2.83. The van der Waals surface area contributed by atoms with Gasteiger partial charge in [0, 0.05) is 5.56 Å². The summed E-state index contributed by atoms with van der Waals surface area (Å²) in [7, 11) is 0. The van der Waals surface area contributed by atoms with Crippen molar-refractivity contribution in [3.63, 3.8) is 0 Å². The van der Waals surface area contributed by atoms with Crippen LogP contribution in [0, 0.1) is 11.6 Å². The first-order chi connectivity index (χ1) is 22.4. The van der Waals surface area contributed by atoms with Crippen LogP contribution in [-0.2, 0) is 11.3 Å². The van der Waals surface area contributed by atoms with E-state index in [4.69, 9.17) is 4.98 Å². The van der Waals surface area contributed by atoms with Crippen LogP contribution in [0.1, 0.15) is 11.1 Å². The quantitative estimate of drug-likeness (QED) is 0.268. The van der Waals surface area contributed by atoms with E-state index in [1.54, 1.807) is 48.5 Å². The number of nitrogens with zero attached hydrogens (tertiary/aromatic N) is 7. The molecule has 0 saturated carbocycles. The van der Waals surface area contributed by atoms with Crippen LogP contribution in [0.2, 0.25) is 0 Å². The fourth-order valence-electron chi connectivity index (χ4n) is 7.41. The van der Waals surface area contributed by atoms with Gasteiger partial charge in [0.05, 0.1) is 22.1 Å². The average molecular weight is 615 g/mol. The maximum Gasteiger partial charge on any atom is 0.340 e. The summed E-state index contributed by atoms with van der Waals surface area (Å²) in [5, 5.41) is 10.3. The van der Waals surface area contributed by atoms with Gasteiger partial charge < -0.3 is 10.6 Å². The number of para-hydroxylation sites is 4.